The van der Waals surface area contributed by atoms with Crippen LogP contribution in [-0.4, -0.2) is 10.2 Å². The third-order valence-electron chi connectivity index (χ3n) is 2.53. The fourth-order valence-electron chi connectivity index (χ4n) is 1.47. The van der Waals surface area contributed by atoms with Crippen molar-refractivity contribution in [2.24, 2.45) is 0 Å². The second-order valence-electron chi connectivity index (χ2n) is 4.32. The molecule has 0 heterocycles. The van der Waals surface area contributed by atoms with Crippen LogP contribution >= 0.6 is 0 Å². The predicted octanol–water partition coefficient (Wildman–Crippen LogP) is 5.10. The summed E-state index contributed by atoms with van der Waals surface area (Å²) in [7, 11) is 0. The molecule has 0 saturated carbocycles. The zero-order valence-corrected chi connectivity index (χ0v) is 13.1. The van der Waals surface area contributed by atoms with Gasteiger partial charge in [-0.05, 0) is 36.4 Å². The molecule has 0 unspecified atom stereocenters. The van der Waals surface area contributed by atoms with E-state index >= 15 is 0 Å². The van der Waals surface area contributed by atoms with Gasteiger partial charge >= 0.3 is 12.4 Å². The van der Waals surface area contributed by atoms with Crippen molar-refractivity contribution >= 4 is 0 Å². The number of rotatable bonds is 0. The van der Waals surface area contributed by atoms with Gasteiger partial charge < -0.3 is 10.2 Å². The molecular formula is C14H8CrF8O2. The molecular weight excluding hydrogens is 404 g/mol. The summed E-state index contributed by atoms with van der Waals surface area (Å²) in [4.78, 5) is 0. The van der Waals surface area contributed by atoms with Crippen molar-refractivity contribution in [2.75, 3.05) is 0 Å². The number of halogens is 8. The van der Waals surface area contributed by atoms with E-state index < -0.39 is 46.6 Å². The van der Waals surface area contributed by atoms with Gasteiger partial charge in [-0.3, -0.25) is 0 Å². The minimum atomic E-state index is -4.72. The number of phenols is 2. The molecule has 0 fully saturated rings. The predicted molar refractivity (Wildman–Crippen MR) is 66.1 cm³/mol. The summed E-state index contributed by atoms with van der Waals surface area (Å²) in [5, 5.41) is 17.4. The topological polar surface area (TPSA) is 40.5 Å². The second kappa shape index (κ2) is 8.40. The van der Waals surface area contributed by atoms with Crippen LogP contribution in [0.3, 0.4) is 0 Å². The molecule has 0 aliphatic carbocycles. The molecule has 2 aromatic carbocycles. The van der Waals surface area contributed by atoms with Gasteiger partial charge in [0.05, 0.1) is 0 Å². The summed E-state index contributed by atoms with van der Waals surface area (Å²) in [5.74, 6) is -3.99. The van der Waals surface area contributed by atoms with Crippen LogP contribution in [0.1, 0.15) is 11.1 Å². The maximum atomic E-state index is 12.3. The molecule has 0 amide bonds. The quantitative estimate of drug-likeness (QED) is 0.592. The van der Waals surface area contributed by atoms with Crippen molar-refractivity contribution in [3.63, 3.8) is 0 Å². The molecule has 2 rings (SSSR count). The Labute approximate surface area is 146 Å². The Bertz CT molecular complexity index is 651. The Morgan fingerprint density at radius 3 is 1.08 bits per heavy atom. The van der Waals surface area contributed by atoms with Crippen molar-refractivity contribution in [1.29, 1.82) is 0 Å². The van der Waals surface area contributed by atoms with Crippen LogP contribution in [-0.2, 0) is 29.7 Å². The van der Waals surface area contributed by atoms with Gasteiger partial charge in [0.2, 0.25) is 0 Å². The Hall–Kier alpha value is -1.99. The van der Waals surface area contributed by atoms with Crippen LogP contribution in [0, 0.1) is 11.6 Å². The Balaban J connectivity index is 0.000000443. The van der Waals surface area contributed by atoms with Crippen molar-refractivity contribution in [1.82, 2.24) is 0 Å². The third kappa shape index (κ3) is 6.80. The van der Waals surface area contributed by atoms with E-state index in [0.717, 1.165) is 12.1 Å². The summed E-state index contributed by atoms with van der Waals surface area (Å²) >= 11 is 0. The number of hydrogen-bond donors (Lipinski definition) is 2. The first-order valence-corrected chi connectivity index (χ1v) is 5.94. The Kier molecular flexibility index (Phi) is 7.73. The van der Waals surface area contributed by atoms with Gasteiger partial charge in [-0.15, -0.1) is 0 Å². The van der Waals surface area contributed by atoms with Crippen LogP contribution in [0.25, 0.3) is 0 Å². The summed E-state index contributed by atoms with van der Waals surface area (Å²) < 4.78 is 95.9. The smallest absolute Gasteiger partial charge is 0.420 e. The summed E-state index contributed by atoms with van der Waals surface area (Å²) in [6, 6.07) is 3.33. The van der Waals surface area contributed by atoms with E-state index in [1.54, 1.807) is 0 Å². The first-order valence-electron chi connectivity index (χ1n) is 5.94. The number of aromatic hydroxyl groups is 2. The molecule has 0 bridgehead atoms. The Morgan fingerprint density at radius 2 is 0.880 bits per heavy atom. The number of benzene rings is 2. The molecule has 0 atom stereocenters. The summed E-state index contributed by atoms with van der Waals surface area (Å²) in [5.41, 5.74) is -2.72. The van der Waals surface area contributed by atoms with E-state index in [-0.39, 0.29) is 29.5 Å². The standard InChI is InChI=1S/2C7H4F4O.Cr/c2*8-4-1-2-6(12)5(3-4)7(9,10)11;/h2*1-3,12H;. The average molecular weight is 412 g/mol. The van der Waals surface area contributed by atoms with Gasteiger partial charge in [0.15, 0.2) is 0 Å². The van der Waals surface area contributed by atoms with Crippen molar-refractivity contribution in [2.45, 2.75) is 12.4 Å². The molecule has 138 valence electrons. The van der Waals surface area contributed by atoms with Crippen molar-refractivity contribution in [3.8, 4) is 11.5 Å². The van der Waals surface area contributed by atoms with Gasteiger partial charge in [0.1, 0.15) is 34.3 Å². The fraction of sp³-hybridized carbons (Fsp3) is 0.143. The number of hydrogen-bond acceptors (Lipinski definition) is 2. The zero-order valence-electron chi connectivity index (χ0n) is 11.8. The molecule has 0 saturated heterocycles. The SMILES string of the molecule is Oc1ccc(F)cc1C(F)(F)F.Oc1ccc(F)cc1C(F)(F)F.[Cr]. The van der Waals surface area contributed by atoms with E-state index in [2.05, 4.69) is 0 Å². The molecule has 0 spiro atoms. The first-order chi connectivity index (χ1) is 10.8. The minimum Gasteiger partial charge on any atom is -0.507 e. The molecule has 11 heteroatoms. The molecule has 0 radical (unpaired) electrons. The molecule has 2 N–H and O–H groups in total. The minimum absolute atomic E-state index is 0. The van der Waals surface area contributed by atoms with E-state index in [1.807, 2.05) is 0 Å². The Morgan fingerprint density at radius 1 is 0.600 bits per heavy atom. The normalized spacial score (nSPS) is 11.2. The van der Waals surface area contributed by atoms with Crippen LogP contribution in [0.4, 0.5) is 35.1 Å². The van der Waals surface area contributed by atoms with Gasteiger partial charge in [-0.1, -0.05) is 0 Å². The van der Waals surface area contributed by atoms with Crippen LogP contribution in [0.5, 0.6) is 11.5 Å². The summed E-state index contributed by atoms with van der Waals surface area (Å²) in [6.45, 7) is 0. The molecule has 2 aromatic rings. The average Bonchev–Trinajstić information content (AvgIpc) is 2.42. The van der Waals surface area contributed by atoms with Gasteiger partial charge in [-0.25, -0.2) is 8.78 Å². The van der Waals surface area contributed by atoms with E-state index in [4.69, 9.17) is 10.2 Å². The molecule has 25 heavy (non-hydrogen) atoms. The maximum absolute atomic E-state index is 12.3. The second-order valence-corrected chi connectivity index (χ2v) is 4.32. The maximum Gasteiger partial charge on any atom is 0.420 e. The monoisotopic (exact) mass is 412 g/mol. The zero-order chi connectivity index (χ0) is 18.7. The largest absolute Gasteiger partial charge is 0.507 e. The van der Waals surface area contributed by atoms with Crippen LogP contribution < -0.4 is 0 Å². The van der Waals surface area contributed by atoms with E-state index in [9.17, 15) is 35.1 Å². The third-order valence-corrected chi connectivity index (χ3v) is 2.53. The van der Waals surface area contributed by atoms with E-state index in [0.29, 0.717) is 12.1 Å². The number of phenolic OH excluding ortho intramolecular Hbond substituents is 2. The van der Waals surface area contributed by atoms with Gasteiger partial charge in [0, 0.05) is 17.4 Å². The molecule has 0 aliphatic heterocycles. The van der Waals surface area contributed by atoms with Crippen molar-refractivity contribution in [3.05, 3.63) is 59.2 Å². The summed E-state index contributed by atoms with van der Waals surface area (Å²) in [6.07, 6.45) is -9.43. The van der Waals surface area contributed by atoms with Crippen LogP contribution in [0.2, 0.25) is 0 Å². The first kappa shape index (κ1) is 23.0. The van der Waals surface area contributed by atoms with Gasteiger partial charge in [-0.2, -0.15) is 26.3 Å². The molecule has 2 nitrogen and oxygen atoms in total. The number of alkyl halides is 6. The van der Waals surface area contributed by atoms with Crippen LogP contribution in [0.15, 0.2) is 36.4 Å². The van der Waals surface area contributed by atoms with E-state index in [1.165, 1.54) is 0 Å². The van der Waals surface area contributed by atoms with Crippen molar-refractivity contribution < 1.29 is 62.7 Å². The fourth-order valence-corrected chi connectivity index (χ4v) is 1.47. The van der Waals surface area contributed by atoms with Gasteiger partial charge in [0.25, 0.3) is 0 Å². The molecule has 0 aliphatic rings. The molecule has 0 aromatic heterocycles.